The van der Waals surface area contributed by atoms with Gasteiger partial charge in [-0.15, -0.1) is 0 Å². The number of esters is 1. The minimum absolute atomic E-state index is 0.0210. The second-order valence-corrected chi connectivity index (χ2v) is 29.8. The van der Waals surface area contributed by atoms with Crippen LogP contribution in [0.2, 0.25) is 36.3 Å². The molecule has 0 aliphatic carbocycles. The average Bonchev–Trinajstić information content (AvgIpc) is 3.01. The average molecular weight is 871 g/mol. The molecule has 0 fully saturated rings. The Labute approximate surface area is 335 Å². The summed E-state index contributed by atoms with van der Waals surface area (Å²) < 4.78 is 34.1. The summed E-state index contributed by atoms with van der Waals surface area (Å²) in [5.41, 5.74) is 1.12. The molecule has 6 nitrogen and oxygen atoms in total. The van der Waals surface area contributed by atoms with Crippen molar-refractivity contribution in [1.82, 2.24) is 0 Å². The smallest absolute Gasteiger partial charge is 0.311 e. The van der Waals surface area contributed by atoms with E-state index in [-0.39, 0.29) is 46.4 Å². The van der Waals surface area contributed by atoms with Crippen LogP contribution < -0.4 is 4.74 Å². The van der Waals surface area contributed by atoms with E-state index in [2.05, 4.69) is 141 Å². The monoisotopic (exact) mass is 870 g/mol. The lowest BCUT2D eigenvalue weighted by Gasteiger charge is -2.42. The Morgan fingerprint density at radius 2 is 1.40 bits per heavy atom. The highest BCUT2D eigenvalue weighted by molar-refractivity contribution is 14.1. The molecule has 1 aliphatic rings. The fourth-order valence-corrected chi connectivity index (χ4v) is 9.26. The van der Waals surface area contributed by atoms with E-state index in [0.29, 0.717) is 18.4 Å². The molecule has 52 heavy (non-hydrogen) atoms. The molecule has 0 amide bonds. The summed E-state index contributed by atoms with van der Waals surface area (Å²) in [6.45, 7) is 32.2. The number of benzene rings is 1. The number of rotatable bonds is 9. The largest absolute Gasteiger partial charge is 0.497 e. The number of cyclic esters (lactones) is 1. The van der Waals surface area contributed by atoms with Crippen LogP contribution >= 0.6 is 22.6 Å². The van der Waals surface area contributed by atoms with Crippen LogP contribution in [0.1, 0.15) is 120 Å². The van der Waals surface area contributed by atoms with E-state index in [4.69, 9.17) is 23.1 Å². The molecule has 0 aromatic heterocycles. The van der Waals surface area contributed by atoms with Crippen molar-refractivity contribution in [2.75, 3.05) is 7.11 Å². The van der Waals surface area contributed by atoms with Crippen molar-refractivity contribution in [2.24, 2.45) is 17.8 Å². The molecule has 0 bridgehead atoms. The number of ether oxygens (including phenoxy) is 3. The van der Waals surface area contributed by atoms with Crippen LogP contribution in [-0.4, -0.2) is 54.1 Å². The molecular weight excluding hydrogens is 796 g/mol. The highest BCUT2D eigenvalue weighted by Gasteiger charge is 2.43. The lowest BCUT2D eigenvalue weighted by atomic mass is 9.90. The van der Waals surface area contributed by atoms with E-state index in [1.807, 2.05) is 19.1 Å². The Balaban J connectivity index is 2.55. The van der Waals surface area contributed by atoms with Gasteiger partial charge < -0.3 is 23.1 Å². The molecule has 0 radical (unpaired) electrons. The fourth-order valence-electron chi connectivity index (χ4n) is 6.06. The zero-order valence-electron chi connectivity index (χ0n) is 35.6. The Kier molecular flexibility index (Phi) is 18.9. The van der Waals surface area contributed by atoms with Crippen LogP contribution in [0.4, 0.5) is 0 Å². The van der Waals surface area contributed by atoms with Crippen LogP contribution in [0.15, 0.2) is 46.1 Å². The van der Waals surface area contributed by atoms with Crippen molar-refractivity contribution in [3.8, 4) is 5.75 Å². The van der Waals surface area contributed by atoms with Crippen molar-refractivity contribution < 1.29 is 27.9 Å². The van der Waals surface area contributed by atoms with E-state index < -0.39 is 16.6 Å². The summed E-state index contributed by atoms with van der Waals surface area (Å²) in [5.74, 6) is 0.954. The first kappa shape index (κ1) is 47.2. The van der Waals surface area contributed by atoms with Gasteiger partial charge in [-0.1, -0.05) is 79.7 Å². The van der Waals surface area contributed by atoms with Gasteiger partial charge in [0.15, 0.2) is 16.6 Å². The van der Waals surface area contributed by atoms with Crippen molar-refractivity contribution in [1.29, 1.82) is 0 Å². The second kappa shape index (κ2) is 20.8. The maximum atomic E-state index is 14.0. The van der Waals surface area contributed by atoms with Gasteiger partial charge in [-0.2, -0.15) is 0 Å². The summed E-state index contributed by atoms with van der Waals surface area (Å²) in [6, 6.07) is 8.16. The summed E-state index contributed by atoms with van der Waals surface area (Å²) in [4.78, 5) is 14.0. The maximum Gasteiger partial charge on any atom is 0.311 e. The topological polar surface area (TPSA) is 63.2 Å². The molecule has 1 aliphatic heterocycles. The number of hydrogen-bond donors (Lipinski definition) is 0. The SMILES string of the molecule is COc1ccc(CO[C@H]2CC[C@H](C)C[C@@H](O[Si](C)(C)C(C)(C)C)[C@H](C)C(=O)O[C@H](C=C(C)I)C[C@@H](C)C/C=C/CC[C@@H]2O[Si](C)(C)C(C)(C)C)cc1. The lowest BCUT2D eigenvalue weighted by Crippen LogP contribution is -2.48. The van der Waals surface area contributed by atoms with Gasteiger partial charge >= 0.3 is 5.97 Å². The third kappa shape index (κ3) is 15.6. The van der Waals surface area contributed by atoms with Crippen LogP contribution in [0.25, 0.3) is 0 Å². The van der Waals surface area contributed by atoms with Crippen molar-refractivity contribution in [3.05, 3.63) is 51.6 Å². The third-order valence-corrected chi connectivity index (χ3v) is 21.1. The first-order valence-electron chi connectivity index (χ1n) is 19.7. The Bertz CT molecular complexity index is 1280. The minimum Gasteiger partial charge on any atom is -0.497 e. The molecule has 0 spiro atoms. The van der Waals surface area contributed by atoms with E-state index in [1.54, 1.807) is 7.11 Å². The molecule has 1 aromatic carbocycles. The zero-order chi connectivity index (χ0) is 39.5. The standard InChI is InChI=1S/C43H75IO6Si2/c1-31-19-17-16-18-20-39(49-51(12,13)42(5,6)7)38(47-30-35-22-24-36(46-11)25-23-35)26-21-32(2)28-40(50-52(14,15)43(8,9)10)34(4)41(45)48-37(27-31)29-33(3)44/h16-17,22-25,29,31-32,34,37-40H,18-21,26-28,30H2,1-15H3/b17-16+,33-29?/t31-,32-,34-,37-,38-,39-,40+/m0/s1. The molecule has 2 rings (SSSR count). The number of methoxy groups -OCH3 is 1. The third-order valence-electron chi connectivity index (χ3n) is 11.7. The number of hydrogen-bond acceptors (Lipinski definition) is 6. The summed E-state index contributed by atoms with van der Waals surface area (Å²) in [7, 11) is -2.60. The molecule has 0 N–H and O–H groups in total. The van der Waals surface area contributed by atoms with Crippen molar-refractivity contribution >= 4 is 45.2 Å². The van der Waals surface area contributed by atoms with E-state index in [0.717, 1.165) is 59.8 Å². The normalized spacial score (nSPS) is 28.0. The number of carbonyl (C=O) groups excluding carboxylic acids is 1. The van der Waals surface area contributed by atoms with Crippen molar-refractivity contribution in [3.63, 3.8) is 0 Å². The molecule has 1 aromatic rings. The highest BCUT2D eigenvalue weighted by atomic mass is 127. The summed E-state index contributed by atoms with van der Waals surface area (Å²) in [6.07, 6.45) is 12.3. The van der Waals surface area contributed by atoms with Crippen LogP contribution in [0.5, 0.6) is 5.75 Å². The highest BCUT2D eigenvalue weighted by Crippen LogP contribution is 2.41. The Morgan fingerprint density at radius 1 is 0.827 bits per heavy atom. The van der Waals surface area contributed by atoms with Gasteiger partial charge in [0, 0.05) is 0 Å². The molecule has 0 unspecified atom stereocenters. The van der Waals surface area contributed by atoms with Gasteiger partial charge in [-0.25, -0.2) is 0 Å². The Morgan fingerprint density at radius 3 is 1.94 bits per heavy atom. The second-order valence-electron chi connectivity index (χ2n) is 18.6. The maximum absolute atomic E-state index is 14.0. The van der Waals surface area contributed by atoms with Gasteiger partial charge in [0.1, 0.15) is 11.9 Å². The van der Waals surface area contributed by atoms with Crippen LogP contribution in [0, 0.1) is 17.8 Å². The molecule has 7 atom stereocenters. The molecule has 9 heteroatoms. The molecule has 1 heterocycles. The summed E-state index contributed by atoms with van der Waals surface area (Å²) >= 11 is 2.32. The van der Waals surface area contributed by atoms with Crippen molar-refractivity contribution in [2.45, 2.75) is 181 Å². The van der Waals surface area contributed by atoms with Gasteiger partial charge in [0.05, 0.1) is 37.9 Å². The molecule has 0 saturated carbocycles. The predicted octanol–water partition coefficient (Wildman–Crippen LogP) is 12.8. The minimum atomic E-state index is -2.19. The van der Waals surface area contributed by atoms with E-state index in [9.17, 15) is 4.79 Å². The lowest BCUT2D eigenvalue weighted by molar-refractivity contribution is -0.155. The first-order chi connectivity index (χ1) is 24.0. The van der Waals surface area contributed by atoms with Gasteiger partial charge in [0.2, 0.25) is 0 Å². The van der Waals surface area contributed by atoms with E-state index in [1.165, 1.54) is 0 Å². The van der Waals surface area contributed by atoms with Crippen LogP contribution in [0.3, 0.4) is 0 Å². The molecule has 0 saturated heterocycles. The quantitative estimate of drug-likeness (QED) is 0.107. The number of allylic oxidation sites excluding steroid dienone is 3. The fraction of sp³-hybridized carbons (Fsp3) is 0.744. The predicted molar refractivity (Wildman–Crippen MR) is 232 cm³/mol. The number of halogens is 1. The first-order valence-corrected chi connectivity index (χ1v) is 26.6. The molecule has 298 valence electrons. The number of carbonyl (C=O) groups is 1. The van der Waals surface area contributed by atoms with Gasteiger partial charge in [-0.3, -0.25) is 4.79 Å². The molecular formula is C43H75IO6Si2. The van der Waals surface area contributed by atoms with E-state index >= 15 is 0 Å². The van der Waals surface area contributed by atoms with Gasteiger partial charge in [-0.05, 0) is 157 Å². The zero-order valence-corrected chi connectivity index (χ0v) is 39.7. The van der Waals surface area contributed by atoms with Gasteiger partial charge in [0.25, 0.3) is 0 Å². The summed E-state index contributed by atoms with van der Waals surface area (Å²) in [5, 5.41) is 0.103. The van der Waals surface area contributed by atoms with Crippen LogP contribution in [-0.2, 0) is 29.7 Å². The Hall–Kier alpha value is -0.986.